The summed E-state index contributed by atoms with van der Waals surface area (Å²) in [6.07, 6.45) is 0.257. The van der Waals surface area contributed by atoms with Gasteiger partial charge in [-0.05, 0) is 32.8 Å². The predicted molar refractivity (Wildman–Crippen MR) is 85.4 cm³/mol. The van der Waals surface area contributed by atoms with Gasteiger partial charge in [0.25, 0.3) is 0 Å². The minimum Gasteiger partial charge on any atom is -0.444 e. The summed E-state index contributed by atoms with van der Waals surface area (Å²) in [6, 6.07) is 9.90. The lowest BCUT2D eigenvalue weighted by Gasteiger charge is -2.37. The van der Waals surface area contributed by atoms with E-state index in [4.69, 9.17) is 15.2 Å². The number of nitrogens with two attached hydrogens (primary N) is 1. The van der Waals surface area contributed by atoms with Crippen molar-refractivity contribution in [1.82, 2.24) is 4.90 Å². The van der Waals surface area contributed by atoms with Crippen molar-refractivity contribution < 1.29 is 14.3 Å². The Bertz CT molecular complexity index is 484. The average Bonchev–Trinajstić information content (AvgIpc) is 2.45. The number of benzene rings is 1. The third-order valence-corrected chi connectivity index (χ3v) is 3.57. The highest BCUT2D eigenvalue weighted by Crippen LogP contribution is 2.18. The predicted octanol–water partition coefficient (Wildman–Crippen LogP) is 2.54. The van der Waals surface area contributed by atoms with Crippen LogP contribution in [0.3, 0.4) is 0 Å². The zero-order chi connectivity index (χ0) is 16.2. The number of rotatable bonds is 3. The molecule has 1 aromatic rings. The van der Waals surface area contributed by atoms with Gasteiger partial charge in [0, 0.05) is 12.6 Å². The largest absolute Gasteiger partial charge is 0.444 e. The zero-order valence-electron chi connectivity index (χ0n) is 13.6. The van der Waals surface area contributed by atoms with Crippen LogP contribution in [0.1, 0.15) is 32.8 Å². The van der Waals surface area contributed by atoms with Gasteiger partial charge in [-0.1, -0.05) is 30.3 Å². The van der Waals surface area contributed by atoms with Crippen molar-refractivity contribution in [1.29, 1.82) is 0 Å². The van der Waals surface area contributed by atoms with Crippen LogP contribution in [0.5, 0.6) is 0 Å². The van der Waals surface area contributed by atoms with Crippen molar-refractivity contribution in [2.75, 3.05) is 13.1 Å². The van der Waals surface area contributed by atoms with Crippen molar-refractivity contribution in [3.8, 4) is 0 Å². The molecule has 0 unspecified atom stereocenters. The maximum atomic E-state index is 12.1. The number of carbonyl (C=O) groups excluding carboxylic acids is 1. The maximum absolute atomic E-state index is 12.1. The van der Waals surface area contributed by atoms with Crippen LogP contribution in [0.25, 0.3) is 0 Å². The number of hydrogen-bond acceptors (Lipinski definition) is 4. The van der Waals surface area contributed by atoms with E-state index in [-0.39, 0.29) is 18.2 Å². The molecule has 5 nitrogen and oxygen atoms in total. The summed E-state index contributed by atoms with van der Waals surface area (Å²) < 4.78 is 11.3. The lowest BCUT2D eigenvalue weighted by Crippen LogP contribution is -2.54. The molecule has 1 amide bonds. The average molecular weight is 306 g/mol. The molecule has 0 aromatic heterocycles. The van der Waals surface area contributed by atoms with Crippen LogP contribution < -0.4 is 5.73 Å². The van der Waals surface area contributed by atoms with Crippen molar-refractivity contribution in [3.63, 3.8) is 0 Å². The van der Waals surface area contributed by atoms with Gasteiger partial charge in [0.2, 0.25) is 0 Å². The highest BCUT2D eigenvalue weighted by Gasteiger charge is 2.32. The molecule has 5 heteroatoms. The molecule has 1 saturated heterocycles. The van der Waals surface area contributed by atoms with E-state index in [1.165, 1.54) is 0 Å². The number of carbonyl (C=O) groups is 1. The second kappa shape index (κ2) is 7.11. The number of nitrogens with zero attached hydrogens (tertiary/aromatic N) is 1. The van der Waals surface area contributed by atoms with Crippen molar-refractivity contribution >= 4 is 6.09 Å². The van der Waals surface area contributed by atoms with Gasteiger partial charge >= 0.3 is 6.09 Å². The minimum absolute atomic E-state index is 0.0533. The molecule has 0 saturated carbocycles. The lowest BCUT2D eigenvalue weighted by atomic mass is 10.0. The number of piperidine rings is 1. The molecule has 0 bridgehead atoms. The number of hydrogen-bond donors (Lipinski definition) is 1. The third-order valence-electron chi connectivity index (χ3n) is 3.57. The molecule has 2 atom stereocenters. The van der Waals surface area contributed by atoms with Crippen LogP contribution in [-0.4, -0.2) is 41.8 Å². The summed E-state index contributed by atoms with van der Waals surface area (Å²) in [7, 11) is 0. The second-order valence-corrected chi connectivity index (χ2v) is 6.71. The molecular weight excluding hydrogens is 280 g/mol. The fourth-order valence-corrected chi connectivity index (χ4v) is 2.38. The van der Waals surface area contributed by atoms with Gasteiger partial charge < -0.3 is 20.1 Å². The van der Waals surface area contributed by atoms with Crippen LogP contribution in [0.15, 0.2) is 30.3 Å². The van der Waals surface area contributed by atoms with E-state index in [9.17, 15) is 4.79 Å². The van der Waals surface area contributed by atoms with Gasteiger partial charge in [-0.3, -0.25) is 0 Å². The fourth-order valence-electron chi connectivity index (χ4n) is 2.38. The number of amides is 1. The van der Waals surface area contributed by atoms with Crippen LogP contribution in [-0.2, 0) is 16.1 Å². The summed E-state index contributed by atoms with van der Waals surface area (Å²) in [5, 5.41) is 0. The van der Waals surface area contributed by atoms with E-state index >= 15 is 0 Å². The first-order valence-electron chi connectivity index (χ1n) is 7.74. The van der Waals surface area contributed by atoms with E-state index in [0.29, 0.717) is 19.7 Å². The Hall–Kier alpha value is -1.59. The molecule has 0 spiro atoms. The molecule has 1 heterocycles. The quantitative estimate of drug-likeness (QED) is 0.932. The van der Waals surface area contributed by atoms with E-state index in [0.717, 1.165) is 12.0 Å². The molecular formula is C17H26N2O3. The molecule has 0 aliphatic carbocycles. The Morgan fingerprint density at radius 3 is 2.64 bits per heavy atom. The molecule has 22 heavy (non-hydrogen) atoms. The summed E-state index contributed by atoms with van der Waals surface area (Å²) in [5.74, 6) is 0. The molecule has 2 rings (SSSR count). The van der Waals surface area contributed by atoms with E-state index in [1.54, 1.807) is 4.90 Å². The highest BCUT2D eigenvalue weighted by atomic mass is 16.6. The minimum atomic E-state index is -0.489. The topological polar surface area (TPSA) is 64.8 Å². The SMILES string of the molecule is CC(C)(C)OC(=O)N1CC[C@@H](N)[C@@H](OCc2ccccc2)C1. The van der Waals surface area contributed by atoms with Gasteiger partial charge in [-0.25, -0.2) is 4.79 Å². The lowest BCUT2D eigenvalue weighted by molar-refractivity contribution is -0.0343. The normalized spacial score (nSPS) is 22.5. The molecule has 1 aliphatic rings. The summed E-state index contributed by atoms with van der Waals surface area (Å²) in [6.45, 7) is 7.18. The smallest absolute Gasteiger partial charge is 0.410 e. The molecule has 1 aliphatic heterocycles. The van der Waals surface area contributed by atoms with E-state index in [1.807, 2.05) is 51.1 Å². The molecule has 2 N–H and O–H groups in total. The van der Waals surface area contributed by atoms with Crippen LogP contribution in [0.4, 0.5) is 4.79 Å². The van der Waals surface area contributed by atoms with Gasteiger partial charge in [0.15, 0.2) is 0 Å². The monoisotopic (exact) mass is 306 g/mol. The second-order valence-electron chi connectivity index (χ2n) is 6.71. The Kier molecular flexibility index (Phi) is 5.42. The summed E-state index contributed by atoms with van der Waals surface area (Å²) >= 11 is 0. The molecule has 1 fully saturated rings. The fraction of sp³-hybridized carbons (Fsp3) is 0.588. The van der Waals surface area contributed by atoms with Gasteiger partial charge in [-0.15, -0.1) is 0 Å². The Labute approximate surface area is 132 Å². The summed E-state index contributed by atoms with van der Waals surface area (Å²) in [4.78, 5) is 13.8. The molecule has 122 valence electrons. The Morgan fingerprint density at radius 2 is 2.00 bits per heavy atom. The van der Waals surface area contributed by atoms with Crippen LogP contribution >= 0.6 is 0 Å². The zero-order valence-corrected chi connectivity index (χ0v) is 13.6. The first-order valence-corrected chi connectivity index (χ1v) is 7.74. The van der Waals surface area contributed by atoms with Gasteiger partial charge in [-0.2, -0.15) is 0 Å². The maximum Gasteiger partial charge on any atom is 0.410 e. The van der Waals surface area contributed by atoms with E-state index in [2.05, 4.69) is 0 Å². The van der Waals surface area contributed by atoms with E-state index < -0.39 is 5.60 Å². The van der Waals surface area contributed by atoms with Crippen molar-refractivity contribution in [2.45, 2.75) is 51.5 Å². The first kappa shape index (κ1) is 16.8. The van der Waals surface area contributed by atoms with Crippen LogP contribution in [0, 0.1) is 0 Å². The first-order chi connectivity index (χ1) is 10.3. The van der Waals surface area contributed by atoms with Gasteiger partial charge in [0.1, 0.15) is 5.60 Å². The van der Waals surface area contributed by atoms with Crippen LogP contribution in [0.2, 0.25) is 0 Å². The molecule has 1 aromatic carbocycles. The Balaban J connectivity index is 1.89. The Morgan fingerprint density at radius 1 is 1.32 bits per heavy atom. The van der Waals surface area contributed by atoms with Crippen molar-refractivity contribution in [2.24, 2.45) is 5.73 Å². The third kappa shape index (κ3) is 5.00. The standard InChI is InChI=1S/C17H26N2O3/c1-17(2,3)22-16(20)19-10-9-14(18)15(11-19)21-12-13-7-5-4-6-8-13/h4-8,14-15H,9-12,18H2,1-3H3/t14-,15+/m1/s1. The number of ether oxygens (including phenoxy) is 2. The van der Waals surface area contributed by atoms with Gasteiger partial charge in [0.05, 0.1) is 19.3 Å². The highest BCUT2D eigenvalue weighted by molar-refractivity contribution is 5.68. The number of likely N-dealkylation sites (tertiary alicyclic amines) is 1. The summed E-state index contributed by atoms with van der Waals surface area (Å²) in [5.41, 5.74) is 6.74. The molecule has 0 radical (unpaired) electrons. The van der Waals surface area contributed by atoms with Crippen molar-refractivity contribution in [3.05, 3.63) is 35.9 Å².